The van der Waals surface area contributed by atoms with Crippen molar-refractivity contribution in [2.75, 3.05) is 18.0 Å². The second-order valence-corrected chi connectivity index (χ2v) is 5.42. The molecule has 0 saturated heterocycles. The normalized spacial score (nSPS) is 13.4. The molecule has 3 heteroatoms. The first kappa shape index (κ1) is 13.2. The van der Waals surface area contributed by atoms with Crippen molar-refractivity contribution >= 4 is 23.1 Å². The molecule has 0 aromatic heterocycles. The summed E-state index contributed by atoms with van der Waals surface area (Å²) in [6, 6.07) is 13.1. The highest BCUT2D eigenvalue weighted by atomic mass is 35.5. The van der Waals surface area contributed by atoms with Crippen molar-refractivity contribution in [2.45, 2.75) is 13.3 Å². The number of para-hydroxylation sites is 1. The summed E-state index contributed by atoms with van der Waals surface area (Å²) < 4.78 is 0. The van der Waals surface area contributed by atoms with Gasteiger partial charge >= 0.3 is 0 Å². The maximum absolute atomic E-state index is 12.7. The van der Waals surface area contributed by atoms with Gasteiger partial charge in [0.2, 0.25) is 0 Å². The van der Waals surface area contributed by atoms with Crippen molar-refractivity contribution < 1.29 is 4.79 Å². The molecule has 0 fully saturated rings. The minimum absolute atomic E-state index is 0.0684. The summed E-state index contributed by atoms with van der Waals surface area (Å²) in [4.78, 5) is 15.0. The summed E-state index contributed by atoms with van der Waals surface area (Å²) in [6.45, 7) is 4.05. The molecule has 0 atom stereocenters. The number of halogens is 1. The van der Waals surface area contributed by atoms with Crippen LogP contribution < -0.4 is 4.90 Å². The van der Waals surface area contributed by atoms with Crippen molar-refractivity contribution in [3.05, 3.63) is 64.2 Å². The number of anilines is 1. The summed E-state index contributed by atoms with van der Waals surface area (Å²) in [5, 5.41) is 0.648. The fourth-order valence-corrected chi connectivity index (χ4v) is 2.92. The number of likely N-dealkylation sites (N-methyl/N-ethyl adjacent to an activating group) is 1. The summed E-state index contributed by atoms with van der Waals surface area (Å²) in [5.74, 6) is 0.0684. The third kappa shape index (κ3) is 2.20. The van der Waals surface area contributed by atoms with Gasteiger partial charge in [-0.1, -0.05) is 23.7 Å². The molecule has 1 aliphatic heterocycles. The van der Waals surface area contributed by atoms with E-state index in [0.717, 1.165) is 30.8 Å². The highest BCUT2D eigenvalue weighted by Crippen LogP contribution is 2.33. The lowest BCUT2D eigenvalue weighted by Gasteiger charge is -2.19. The molecule has 102 valence electrons. The van der Waals surface area contributed by atoms with Crippen LogP contribution in [0.15, 0.2) is 42.5 Å². The van der Waals surface area contributed by atoms with Crippen LogP contribution >= 0.6 is 11.6 Å². The minimum Gasteiger partial charge on any atom is -0.371 e. The molecule has 0 radical (unpaired) electrons. The van der Waals surface area contributed by atoms with E-state index in [1.165, 1.54) is 5.56 Å². The molecule has 3 rings (SSSR count). The van der Waals surface area contributed by atoms with Gasteiger partial charge in [-0.3, -0.25) is 4.79 Å². The fraction of sp³-hybridized carbons (Fsp3) is 0.235. The van der Waals surface area contributed by atoms with Gasteiger partial charge in [-0.2, -0.15) is 0 Å². The van der Waals surface area contributed by atoms with E-state index in [4.69, 9.17) is 11.6 Å². The standard InChI is InChI=1S/C17H16ClNO/c1-2-19-11-10-12-4-3-5-15(16(12)19)17(20)13-6-8-14(18)9-7-13/h3-9H,2,10-11H2,1H3. The molecule has 1 heterocycles. The smallest absolute Gasteiger partial charge is 0.195 e. The maximum atomic E-state index is 12.7. The molecule has 2 nitrogen and oxygen atoms in total. The van der Waals surface area contributed by atoms with E-state index >= 15 is 0 Å². The Balaban J connectivity index is 2.05. The zero-order valence-electron chi connectivity index (χ0n) is 11.4. The number of carbonyl (C=O) groups excluding carboxylic acids is 1. The van der Waals surface area contributed by atoms with Gasteiger partial charge in [0.1, 0.15) is 0 Å². The number of nitrogens with zero attached hydrogens (tertiary/aromatic N) is 1. The van der Waals surface area contributed by atoms with E-state index in [9.17, 15) is 4.79 Å². The molecule has 2 aromatic carbocycles. The predicted molar refractivity (Wildman–Crippen MR) is 82.9 cm³/mol. The highest BCUT2D eigenvalue weighted by molar-refractivity contribution is 6.30. The second kappa shape index (κ2) is 5.29. The molecule has 0 aliphatic carbocycles. The summed E-state index contributed by atoms with van der Waals surface area (Å²) in [5.41, 5.74) is 3.86. The van der Waals surface area contributed by atoms with E-state index < -0.39 is 0 Å². The first-order valence-electron chi connectivity index (χ1n) is 6.88. The van der Waals surface area contributed by atoms with Gasteiger partial charge in [-0.15, -0.1) is 0 Å². The van der Waals surface area contributed by atoms with Crippen molar-refractivity contribution in [1.82, 2.24) is 0 Å². The Labute approximate surface area is 124 Å². The van der Waals surface area contributed by atoms with E-state index in [0.29, 0.717) is 10.6 Å². The zero-order chi connectivity index (χ0) is 14.1. The van der Waals surface area contributed by atoms with Crippen molar-refractivity contribution in [1.29, 1.82) is 0 Å². The van der Waals surface area contributed by atoms with Crippen LogP contribution in [0.4, 0.5) is 5.69 Å². The van der Waals surface area contributed by atoms with Crippen molar-refractivity contribution in [3.8, 4) is 0 Å². The average molecular weight is 286 g/mol. The predicted octanol–water partition coefficient (Wildman–Crippen LogP) is 3.95. The van der Waals surface area contributed by atoms with E-state index in [1.807, 2.05) is 12.1 Å². The molecular weight excluding hydrogens is 270 g/mol. The van der Waals surface area contributed by atoms with Crippen LogP contribution in [0.3, 0.4) is 0 Å². The summed E-state index contributed by atoms with van der Waals surface area (Å²) >= 11 is 5.88. The Bertz CT molecular complexity index is 649. The molecule has 0 unspecified atom stereocenters. The Hall–Kier alpha value is -1.80. The van der Waals surface area contributed by atoms with Gasteiger partial charge in [0.05, 0.1) is 5.69 Å². The van der Waals surface area contributed by atoms with Crippen LogP contribution in [-0.2, 0) is 6.42 Å². The summed E-state index contributed by atoms with van der Waals surface area (Å²) in [6.07, 6.45) is 1.02. The van der Waals surface area contributed by atoms with Gasteiger partial charge in [-0.25, -0.2) is 0 Å². The molecule has 20 heavy (non-hydrogen) atoms. The molecule has 2 aromatic rings. The Morgan fingerprint density at radius 3 is 2.65 bits per heavy atom. The molecule has 0 bridgehead atoms. The maximum Gasteiger partial charge on any atom is 0.195 e. The number of rotatable bonds is 3. The molecular formula is C17H16ClNO. The number of benzene rings is 2. The van der Waals surface area contributed by atoms with Crippen LogP contribution in [-0.4, -0.2) is 18.9 Å². The topological polar surface area (TPSA) is 20.3 Å². The quantitative estimate of drug-likeness (QED) is 0.796. The molecule has 0 spiro atoms. The van der Waals surface area contributed by atoms with Gasteiger partial charge in [0.25, 0.3) is 0 Å². The lowest BCUT2D eigenvalue weighted by molar-refractivity contribution is 0.103. The summed E-state index contributed by atoms with van der Waals surface area (Å²) in [7, 11) is 0. The molecule has 1 aliphatic rings. The third-order valence-electron chi connectivity index (χ3n) is 3.82. The number of ketones is 1. The third-order valence-corrected chi connectivity index (χ3v) is 4.07. The van der Waals surface area contributed by atoms with Crippen LogP contribution in [0.1, 0.15) is 28.4 Å². The van der Waals surface area contributed by atoms with Gasteiger partial charge in [0, 0.05) is 29.2 Å². The average Bonchev–Trinajstić information content (AvgIpc) is 2.90. The number of carbonyl (C=O) groups is 1. The zero-order valence-corrected chi connectivity index (χ0v) is 12.2. The first-order valence-corrected chi connectivity index (χ1v) is 7.25. The Morgan fingerprint density at radius 1 is 1.20 bits per heavy atom. The minimum atomic E-state index is 0.0684. The SMILES string of the molecule is CCN1CCc2cccc(C(=O)c3ccc(Cl)cc3)c21. The van der Waals surface area contributed by atoms with Crippen LogP contribution in [0.2, 0.25) is 5.02 Å². The van der Waals surface area contributed by atoms with Crippen molar-refractivity contribution in [2.24, 2.45) is 0 Å². The fourth-order valence-electron chi connectivity index (χ4n) is 2.79. The molecule has 0 N–H and O–H groups in total. The number of hydrogen-bond acceptors (Lipinski definition) is 2. The van der Waals surface area contributed by atoms with Gasteiger partial charge in [0.15, 0.2) is 5.78 Å². The van der Waals surface area contributed by atoms with E-state index in [2.05, 4.69) is 17.9 Å². The highest BCUT2D eigenvalue weighted by Gasteiger charge is 2.24. The number of fused-ring (bicyclic) bond motifs is 1. The first-order chi connectivity index (χ1) is 9.70. The van der Waals surface area contributed by atoms with Gasteiger partial charge in [-0.05, 0) is 49.2 Å². The largest absolute Gasteiger partial charge is 0.371 e. The van der Waals surface area contributed by atoms with Crippen LogP contribution in [0, 0.1) is 0 Å². The van der Waals surface area contributed by atoms with Crippen molar-refractivity contribution in [3.63, 3.8) is 0 Å². The van der Waals surface area contributed by atoms with Crippen LogP contribution in [0.5, 0.6) is 0 Å². The molecule has 0 amide bonds. The van der Waals surface area contributed by atoms with E-state index in [-0.39, 0.29) is 5.78 Å². The Kier molecular flexibility index (Phi) is 3.49. The second-order valence-electron chi connectivity index (χ2n) is 4.98. The number of hydrogen-bond donors (Lipinski definition) is 0. The molecule has 0 saturated carbocycles. The monoisotopic (exact) mass is 285 g/mol. The van der Waals surface area contributed by atoms with Gasteiger partial charge < -0.3 is 4.90 Å². The lowest BCUT2D eigenvalue weighted by atomic mass is 9.99. The Morgan fingerprint density at radius 2 is 1.95 bits per heavy atom. The lowest BCUT2D eigenvalue weighted by Crippen LogP contribution is -2.21. The van der Waals surface area contributed by atoms with E-state index in [1.54, 1.807) is 24.3 Å². The van der Waals surface area contributed by atoms with Crippen LogP contribution in [0.25, 0.3) is 0 Å².